The number of rotatable bonds is 8. The summed E-state index contributed by atoms with van der Waals surface area (Å²) in [6.07, 6.45) is 5.23. The third-order valence-electron chi connectivity index (χ3n) is 5.74. The predicted octanol–water partition coefficient (Wildman–Crippen LogP) is 6.14. The number of nitrogens with zero attached hydrogens (tertiary/aromatic N) is 1. The van der Waals surface area contributed by atoms with Crippen molar-refractivity contribution in [3.8, 4) is 0 Å². The van der Waals surface area contributed by atoms with Crippen LogP contribution < -0.4 is 0 Å². The molecule has 1 saturated carbocycles. The van der Waals surface area contributed by atoms with E-state index in [2.05, 4.69) is 66.4 Å². The highest BCUT2D eigenvalue weighted by molar-refractivity contribution is 5.26. The summed E-state index contributed by atoms with van der Waals surface area (Å²) in [4.78, 5) is 2.51. The van der Waals surface area contributed by atoms with E-state index in [1.807, 2.05) is 0 Å². The molecule has 0 aromatic heterocycles. The minimum absolute atomic E-state index is 0.567. The topological polar surface area (TPSA) is 3.24 Å². The average Bonchev–Trinajstić information content (AvgIpc) is 2.69. The SMILES string of the molecule is CCN(CCCc1ccc(C2CCC(F)CC2)cc1)Cc1ccccc1. The molecule has 1 aliphatic rings. The summed E-state index contributed by atoms with van der Waals surface area (Å²) in [5, 5.41) is 0. The number of benzene rings is 2. The first-order valence-corrected chi connectivity index (χ1v) is 10.2. The quantitative estimate of drug-likeness (QED) is 0.551. The standard InChI is InChI=1S/C24H32FN/c1-2-26(19-21-7-4-3-5-8-21)18-6-9-20-10-12-22(13-11-20)23-14-16-24(25)17-15-23/h3-5,7-8,10-13,23-24H,2,6,9,14-19H2,1H3. The molecule has 26 heavy (non-hydrogen) atoms. The zero-order chi connectivity index (χ0) is 18.2. The molecule has 2 heteroatoms. The van der Waals surface area contributed by atoms with Crippen molar-refractivity contribution in [1.82, 2.24) is 4.90 Å². The summed E-state index contributed by atoms with van der Waals surface area (Å²) in [6.45, 7) is 5.50. The highest BCUT2D eigenvalue weighted by atomic mass is 19.1. The van der Waals surface area contributed by atoms with Gasteiger partial charge in [-0.2, -0.15) is 0 Å². The van der Waals surface area contributed by atoms with Gasteiger partial charge < -0.3 is 0 Å². The predicted molar refractivity (Wildman–Crippen MR) is 108 cm³/mol. The Bertz CT molecular complexity index is 629. The summed E-state index contributed by atoms with van der Waals surface area (Å²) in [5.74, 6) is 0.567. The van der Waals surface area contributed by atoms with Crippen molar-refractivity contribution in [1.29, 1.82) is 0 Å². The maximum atomic E-state index is 13.3. The molecule has 1 nitrogen and oxygen atoms in total. The molecule has 0 N–H and O–H groups in total. The minimum atomic E-state index is -0.567. The van der Waals surface area contributed by atoms with E-state index < -0.39 is 6.17 Å². The molecule has 0 spiro atoms. The van der Waals surface area contributed by atoms with E-state index in [9.17, 15) is 4.39 Å². The molecule has 0 unspecified atom stereocenters. The normalized spacial score (nSPS) is 20.4. The van der Waals surface area contributed by atoms with Crippen molar-refractivity contribution >= 4 is 0 Å². The summed E-state index contributed by atoms with van der Waals surface area (Å²) in [6, 6.07) is 19.8. The molecular weight excluding hydrogens is 321 g/mol. The van der Waals surface area contributed by atoms with Crippen LogP contribution in [0.15, 0.2) is 54.6 Å². The van der Waals surface area contributed by atoms with Crippen molar-refractivity contribution in [2.75, 3.05) is 13.1 Å². The molecule has 0 atom stereocenters. The van der Waals surface area contributed by atoms with Gasteiger partial charge in [0.05, 0.1) is 0 Å². The van der Waals surface area contributed by atoms with Crippen LogP contribution in [-0.2, 0) is 13.0 Å². The van der Waals surface area contributed by atoms with E-state index in [-0.39, 0.29) is 0 Å². The molecule has 2 aromatic rings. The zero-order valence-electron chi connectivity index (χ0n) is 16.0. The van der Waals surface area contributed by atoms with Crippen molar-refractivity contribution in [2.45, 2.75) is 64.1 Å². The van der Waals surface area contributed by atoms with Gasteiger partial charge in [0.2, 0.25) is 0 Å². The van der Waals surface area contributed by atoms with Crippen LogP contribution >= 0.6 is 0 Å². The van der Waals surface area contributed by atoms with Crippen LogP contribution in [0.5, 0.6) is 0 Å². The Balaban J connectivity index is 1.44. The Labute approximate surface area is 158 Å². The Morgan fingerprint density at radius 3 is 2.23 bits per heavy atom. The van der Waals surface area contributed by atoms with E-state index in [0.29, 0.717) is 5.92 Å². The lowest BCUT2D eigenvalue weighted by Gasteiger charge is -2.24. The molecule has 1 aliphatic carbocycles. The van der Waals surface area contributed by atoms with E-state index >= 15 is 0 Å². The van der Waals surface area contributed by atoms with Gasteiger partial charge in [-0.15, -0.1) is 0 Å². The van der Waals surface area contributed by atoms with Gasteiger partial charge in [0, 0.05) is 6.54 Å². The van der Waals surface area contributed by atoms with Gasteiger partial charge >= 0.3 is 0 Å². The van der Waals surface area contributed by atoms with Crippen LogP contribution in [0.2, 0.25) is 0 Å². The molecule has 0 heterocycles. The van der Waals surface area contributed by atoms with Crippen LogP contribution in [0.3, 0.4) is 0 Å². The third kappa shape index (κ3) is 5.67. The lowest BCUT2D eigenvalue weighted by atomic mass is 9.83. The summed E-state index contributed by atoms with van der Waals surface area (Å²) < 4.78 is 13.3. The van der Waals surface area contributed by atoms with Crippen LogP contribution in [-0.4, -0.2) is 24.2 Å². The summed E-state index contributed by atoms with van der Waals surface area (Å²) >= 11 is 0. The molecule has 1 fully saturated rings. The van der Waals surface area contributed by atoms with Gasteiger partial charge in [0.1, 0.15) is 6.17 Å². The molecule has 0 aliphatic heterocycles. The lowest BCUT2D eigenvalue weighted by Crippen LogP contribution is -2.24. The van der Waals surface area contributed by atoms with E-state index in [4.69, 9.17) is 0 Å². The molecule has 0 saturated heterocycles. The summed E-state index contributed by atoms with van der Waals surface area (Å²) in [5.41, 5.74) is 4.21. The average molecular weight is 354 g/mol. The number of hydrogen-bond donors (Lipinski definition) is 0. The first-order chi connectivity index (χ1) is 12.7. The van der Waals surface area contributed by atoms with Gasteiger partial charge in [-0.1, -0.05) is 61.5 Å². The van der Waals surface area contributed by atoms with E-state index in [1.165, 1.54) is 23.1 Å². The maximum Gasteiger partial charge on any atom is 0.100 e. The fraction of sp³-hybridized carbons (Fsp3) is 0.500. The maximum absolute atomic E-state index is 13.3. The van der Waals surface area contributed by atoms with E-state index in [0.717, 1.165) is 51.7 Å². The van der Waals surface area contributed by atoms with Gasteiger partial charge in [-0.3, -0.25) is 4.90 Å². The van der Waals surface area contributed by atoms with Crippen molar-refractivity contribution < 1.29 is 4.39 Å². The molecular formula is C24H32FN. The van der Waals surface area contributed by atoms with Crippen LogP contribution in [0.25, 0.3) is 0 Å². The van der Waals surface area contributed by atoms with Crippen molar-refractivity contribution in [3.05, 3.63) is 71.3 Å². The Morgan fingerprint density at radius 2 is 1.58 bits per heavy atom. The Kier molecular flexibility index (Phi) is 7.25. The second-order valence-electron chi connectivity index (χ2n) is 7.65. The molecule has 0 amide bonds. The van der Waals surface area contributed by atoms with Gasteiger partial charge in [0.25, 0.3) is 0 Å². The molecule has 2 aromatic carbocycles. The van der Waals surface area contributed by atoms with E-state index in [1.54, 1.807) is 0 Å². The van der Waals surface area contributed by atoms with Crippen LogP contribution in [0, 0.1) is 0 Å². The Morgan fingerprint density at radius 1 is 0.885 bits per heavy atom. The first-order valence-electron chi connectivity index (χ1n) is 10.2. The van der Waals surface area contributed by atoms with Gasteiger partial charge in [-0.05, 0) is 74.2 Å². The summed E-state index contributed by atoms with van der Waals surface area (Å²) in [7, 11) is 0. The minimum Gasteiger partial charge on any atom is -0.299 e. The van der Waals surface area contributed by atoms with Crippen LogP contribution in [0.4, 0.5) is 4.39 Å². The number of halogens is 1. The molecule has 140 valence electrons. The lowest BCUT2D eigenvalue weighted by molar-refractivity contribution is 0.235. The first kappa shape index (κ1) is 19.1. The molecule has 3 rings (SSSR count). The molecule has 0 bridgehead atoms. The van der Waals surface area contributed by atoms with Crippen molar-refractivity contribution in [2.24, 2.45) is 0 Å². The third-order valence-corrected chi connectivity index (χ3v) is 5.74. The van der Waals surface area contributed by atoms with Crippen molar-refractivity contribution in [3.63, 3.8) is 0 Å². The highest BCUT2D eigenvalue weighted by Gasteiger charge is 2.21. The van der Waals surface area contributed by atoms with Crippen LogP contribution in [0.1, 0.15) is 61.6 Å². The Hall–Kier alpha value is -1.67. The fourth-order valence-corrected chi connectivity index (χ4v) is 4.04. The fourth-order valence-electron chi connectivity index (χ4n) is 4.04. The van der Waals surface area contributed by atoms with Gasteiger partial charge in [0.15, 0.2) is 0 Å². The largest absolute Gasteiger partial charge is 0.299 e. The number of hydrogen-bond acceptors (Lipinski definition) is 1. The number of alkyl halides is 1. The smallest absolute Gasteiger partial charge is 0.100 e. The number of aryl methyl sites for hydroxylation is 1. The van der Waals surface area contributed by atoms with Gasteiger partial charge in [-0.25, -0.2) is 4.39 Å². The zero-order valence-corrected chi connectivity index (χ0v) is 16.0. The second kappa shape index (κ2) is 9.87. The highest BCUT2D eigenvalue weighted by Crippen LogP contribution is 2.34. The second-order valence-corrected chi connectivity index (χ2v) is 7.65. The molecule has 0 radical (unpaired) electrons. The monoisotopic (exact) mass is 353 g/mol.